The van der Waals surface area contributed by atoms with Crippen molar-refractivity contribution in [2.45, 2.75) is 63.6 Å². The summed E-state index contributed by atoms with van der Waals surface area (Å²) in [5.74, 6) is 0.562. The quantitative estimate of drug-likeness (QED) is 0.747. The molecule has 0 amide bonds. The molecule has 0 spiro atoms. The zero-order chi connectivity index (χ0) is 21.1. The van der Waals surface area contributed by atoms with Crippen molar-refractivity contribution in [3.05, 3.63) is 11.3 Å². The van der Waals surface area contributed by atoms with Crippen molar-refractivity contribution in [3.8, 4) is 0 Å². The minimum Gasteiger partial charge on any atom is -0.395 e. The van der Waals surface area contributed by atoms with E-state index in [9.17, 15) is 18.3 Å². The number of piperazine rings is 1. The third-order valence-corrected chi connectivity index (χ3v) is 6.85. The number of aliphatic imine (C=N–C) groups is 1. The molecule has 0 radical (unpaired) electrons. The van der Waals surface area contributed by atoms with Crippen LogP contribution in [0, 0.1) is 0 Å². The van der Waals surface area contributed by atoms with Gasteiger partial charge in [0.2, 0.25) is 0 Å². The molecule has 5 nitrogen and oxygen atoms in total. The molecular weight excluding hydrogens is 381 g/mol. The maximum Gasteiger partial charge on any atom is 0.433 e. The van der Waals surface area contributed by atoms with E-state index >= 15 is 0 Å². The summed E-state index contributed by atoms with van der Waals surface area (Å²) in [5, 5.41) is 9.19. The van der Waals surface area contributed by atoms with Crippen LogP contribution in [0.1, 0.15) is 51.9 Å². The molecule has 0 bridgehead atoms. The summed E-state index contributed by atoms with van der Waals surface area (Å²) in [6.45, 7) is 6.94. The van der Waals surface area contributed by atoms with Crippen LogP contribution in [0.5, 0.6) is 0 Å². The summed E-state index contributed by atoms with van der Waals surface area (Å²) >= 11 is 0. The highest BCUT2D eigenvalue weighted by atomic mass is 19.4. The summed E-state index contributed by atoms with van der Waals surface area (Å²) in [6.07, 6.45) is 2.36. The Bertz CT molecular complexity index is 618. The SMILES string of the molecule is CC1=C(C(F)(F)F)N=C(N(C)CC2(N3CCN(CCO)CC3)CCCCC2)CC1. The van der Waals surface area contributed by atoms with Crippen LogP contribution in [0.2, 0.25) is 0 Å². The smallest absolute Gasteiger partial charge is 0.395 e. The van der Waals surface area contributed by atoms with Crippen LogP contribution in [0.15, 0.2) is 16.3 Å². The number of rotatable bonds is 5. The summed E-state index contributed by atoms with van der Waals surface area (Å²) < 4.78 is 40.0. The van der Waals surface area contributed by atoms with Gasteiger partial charge in [0.25, 0.3) is 0 Å². The van der Waals surface area contributed by atoms with Crippen molar-refractivity contribution in [2.24, 2.45) is 4.99 Å². The zero-order valence-corrected chi connectivity index (χ0v) is 17.8. The fourth-order valence-corrected chi connectivity index (χ4v) is 5.18. The van der Waals surface area contributed by atoms with Crippen molar-refractivity contribution >= 4 is 5.84 Å². The number of halogens is 3. The number of allylic oxidation sites excluding steroid dienone is 2. The second-order valence-electron chi connectivity index (χ2n) is 8.85. The number of aliphatic hydroxyl groups is 1. The zero-order valence-electron chi connectivity index (χ0n) is 17.8. The van der Waals surface area contributed by atoms with Gasteiger partial charge in [-0.25, -0.2) is 4.99 Å². The lowest BCUT2D eigenvalue weighted by Gasteiger charge is -2.51. The van der Waals surface area contributed by atoms with Crippen LogP contribution < -0.4 is 0 Å². The minimum absolute atomic E-state index is 0.00935. The van der Waals surface area contributed by atoms with E-state index in [2.05, 4.69) is 14.8 Å². The average Bonchev–Trinajstić information content (AvgIpc) is 2.69. The van der Waals surface area contributed by atoms with Crippen LogP contribution in [-0.2, 0) is 0 Å². The summed E-state index contributed by atoms with van der Waals surface area (Å²) in [4.78, 5) is 10.9. The molecule has 0 unspecified atom stereocenters. The lowest BCUT2D eigenvalue weighted by atomic mass is 9.79. The molecule has 0 aromatic rings. The van der Waals surface area contributed by atoms with Gasteiger partial charge < -0.3 is 10.0 Å². The summed E-state index contributed by atoms with van der Waals surface area (Å²) in [6, 6.07) is 0. The Morgan fingerprint density at radius 3 is 2.31 bits per heavy atom. The van der Waals surface area contributed by atoms with Gasteiger partial charge in [0, 0.05) is 58.3 Å². The number of alkyl halides is 3. The fourth-order valence-electron chi connectivity index (χ4n) is 5.18. The molecule has 8 heteroatoms. The Morgan fingerprint density at radius 1 is 1.07 bits per heavy atom. The molecule has 1 saturated heterocycles. The van der Waals surface area contributed by atoms with Crippen molar-refractivity contribution < 1.29 is 18.3 Å². The van der Waals surface area contributed by atoms with E-state index < -0.39 is 11.9 Å². The molecule has 1 N–H and O–H groups in total. The predicted molar refractivity (Wildman–Crippen MR) is 109 cm³/mol. The predicted octanol–water partition coefficient (Wildman–Crippen LogP) is 3.26. The van der Waals surface area contributed by atoms with Crippen molar-refractivity contribution in [1.82, 2.24) is 14.7 Å². The van der Waals surface area contributed by atoms with Crippen molar-refractivity contribution in [3.63, 3.8) is 0 Å². The maximum absolute atomic E-state index is 13.3. The van der Waals surface area contributed by atoms with Gasteiger partial charge in [0.1, 0.15) is 11.5 Å². The highest BCUT2D eigenvalue weighted by Gasteiger charge is 2.42. The second-order valence-corrected chi connectivity index (χ2v) is 8.85. The highest BCUT2D eigenvalue weighted by molar-refractivity contribution is 5.84. The first-order chi connectivity index (χ1) is 13.7. The van der Waals surface area contributed by atoms with Crippen molar-refractivity contribution in [1.29, 1.82) is 0 Å². The van der Waals surface area contributed by atoms with E-state index in [-0.39, 0.29) is 12.1 Å². The van der Waals surface area contributed by atoms with Gasteiger partial charge in [-0.05, 0) is 31.8 Å². The number of nitrogens with zero attached hydrogens (tertiary/aromatic N) is 4. The Balaban J connectivity index is 1.74. The molecule has 3 aliphatic rings. The molecule has 0 atom stereocenters. The first-order valence-corrected chi connectivity index (χ1v) is 10.9. The van der Waals surface area contributed by atoms with Gasteiger partial charge in [0.05, 0.1) is 6.61 Å². The molecule has 2 heterocycles. The van der Waals surface area contributed by atoms with E-state index in [0.717, 1.165) is 45.6 Å². The summed E-state index contributed by atoms with van der Waals surface area (Å²) in [5.41, 5.74) is -0.363. The van der Waals surface area contributed by atoms with E-state index in [0.29, 0.717) is 30.8 Å². The number of aliphatic hydroxyl groups excluding tert-OH is 1. The Kier molecular flexibility index (Phi) is 7.27. The molecular formula is C21H35F3N4O. The lowest BCUT2D eigenvalue weighted by molar-refractivity contribution is -0.0936. The van der Waals surface area contributed by atoms with E-state index in [1.165, 1.54) is 26.2 Å². The molecule has 29 heavy (non-hydrogen) atoms. The molecule has 1 saturated carbocycles. The molecule has 1 aliphatic carbocycles. The Morgan fingerprint density at radius 2 is 1.72 bits per heavy atom. The second kappa shape index (κ2) is 9.35. The normalized spacial score (nSPS) is 24.6. The van der Waals surface area contributed by atoms with E-state index in [1.807, 2.05) is 11.9 Å². The van der Waals surface area contributed by atoms with Gasteiger partial charge in [-0.3, -0.25) is 9.80 Å². The number of amidine groups is 1. The average molecular weight is 417 g/mol. The standard InChI is InChI=1S/C21H35F3N4O/c1-17-6-7-18(25-19(17)21(22,23)24)26(2)16-20(8-4-3-5-9-20)28-12-10-27(11-13-28)14-15-29/h29H,3-16H2,1-2H3. The minimum atomic E-state index is -4.39. The van der Waals surface area contributed by atoms with Gasteiger partial charge >= 0.3 is 6.18 Å². The van der Waals surface area contributed by atoms with Gasteiger partial charge in [0.15, 0.2) is 0 Å². The molecule has 3 rings (SSSR count). The molecule has 2 fully saturated rings. The fraction of sp³-hybridized carbons (Fsp3) is 0.857. The van der Waals surface area contributed by atoms with Gasteiger partial charge in [-0.15, -0.1) is 0 Å². The summed E-state index contributed by atoms with van der Waals surface area (Å²) in [7, 11) is 1.91. The monoisotopic (exact) mass is 416 g/mol. The maximum atomic E-state index is 13.3. The Hall–Kier alpha value is -1.12. The number of hydrogen-bond donors (Lipinski definition) is 1. The number of likely N-dealkylation sites (N-methyl/N-ethyl adjacent to an activating group) is 1. The first-order valence-electron chi connectivity index (χ1n) is 10.9. The Labute approximate surface area is 172 Å². The van der Waals surface area contributed by atoms with Crippen LogP contribution >= 0.6 is 0 Å². The molecule has 2 aliphatic heterocycles. The van der Waals surface area contributed by atoms with E-state index in [1.54, 1.807) is 0 Å². The van der Waals surface area contributed by atoms with Gasteiger partial charge in [-0.2, -0.15) is 13.2 Å². The molecule has 0 aromatic carbocycles. The number of β-amino-alcohol motifs (C(OH)–C–C–N with tert-alkyl or cyclic N) is 1. The highest BCUT2D eigenvalue weighted by Crippen LogP contribution is 2.37. The van der Waals surface area contributed by atoms with Gasteiger partial charge in [-0.1, -0.05) is 19.3 Å². The lowest BCUT2D eigenvalue weighted by Crippen LogP contribution is -2.62. The van der Waals surface area contributed by atoms with Crippen molar-refractivity contribution in [2.75, 3.05) is 52.9 Å². The van der Waals surface area contributed by atoms with Crippen LogP contribution in [0.25, 0.3) is 0 Å². The molecule has 0 aromatic heterocycles. The topological polar surface area (TPSA) is 42.3 Å². The molecule has 166 valence electrons. The van der Waals surface area contributed by atoms with E-state index in [4.69, 9.17) is 0 Å². The third-order valence-electron chi connectivity index (χ3n) is 6.85. The van der Waals surface area contributed by atoms with Crippen LogP contribution in [0.3, 0.4) is 0 Å². The third kappa shape index (κ3) is 5.33. The van der Waals surface area contributed by atoms with Crippen LogP contribution in [0.4, 0.5) is 13.2 Å². The largest absolute Gasteiger partial charge is 0.433 e. The van der Waals surface area contributed by atoms with Crippen LogP contribution in [-0.4, -0.2) is 90.3 Å². The first kappa shape index (κ1) is 22.6. The number of hydrogen-bond acceptors (Lipinski definition) is 5.